The molecule has 0 spiro atoms. The molecule has 1 N–H and O–H groups in total. The smallest absolute Gasteiger partial charge is 0.412 e. The zero-order chi connectivity index (χ0) is 20.2. The van der Waals surface area contributed by atoms with Crippen LogP contribution in [-0.2, 0) is 4.74 Å². The minimum atomic E-state index is -2.04. The van der Waals surface area contributed by atoms with E-state index in [0.29, 0.717) is 15.7 Å². The van der Waals surface area contributed by atoms with Crippen molar-refractivity contribution in [1.29, 1.82) is 0 Å². The maximum atomic E-state index is 12.5. The molecular formula is C17H11Cl6NO3. The van der Waals surface area contributed by atoms with Crippen molar-refractivity contribution in [2.75, 3.05) is 5.32 Å². The molecule has 1 atom stereocenters. The number of anilines is 1. The summed E-state index contributed by atoms with van der Waals surface area (Å²) >= 11 is 35.3. The summed E-state index contributed by atoms with van der Waals surface area (Å²) in [6, 6.07) is 10.7. The standard InChI is InChI=1S/C17H11Cl6NO3/c18-9-2-1-3-11(6-9)24-16(26)27-15(17(21,22)23)8-14(25)12-5-4-10(19)7-13(12)20/h1-7,15H,8H2,(H,24,26)/t15-/m0/s1. The SMILES string of the molecule is O=C(Nc1cccc(Cl)c1)O[C@@H](CC(=O)c1ccc(Cl)cc1Cl)C(Cl)(Cl)Cl. The van der Waals surface area contributed by atoms with Crippen LogP contribution in [0.15, 0.2) is 42.5 Å². The van der Waals surface area contributed by atoms with E-state index in [2.05, 4.69) is 5.32 Å². The van der Waals surface area contributed by atoms with E-state index in [9.17, 15) is 9.59 Å². The largest absolute Gasteiger partial charge is 0.441 e. The molecule has 0 heterocycles. The third kappa shape index (κ3) is 6.90. The molecule has 0 radical (unpaired) electrons. The molecule has 4 nitrogen and oxygen atoms in total. The molecule has 144 valence electrons. The predicted octanol–water partition coefficient (Wildman–Crippen LogP) is 7.21. The van der Waals surface area contributed by atoms with Gasteiger partial charge in [-0.15, -0.1) is 0 Å². The third-order valence-corrected chi connectivity index (χ3v) is 4.80. The van der Waals surface area contributed by atoms with E-state index >= 15 is 0 Å². The number of ketones is 1. The van der Waals surface area contributed by atoms with E-state index in [1.807, 2.05) is 0 Å². The van der Waals surface area contributed by atoms with Crippen molar-refractivity contribution in [3.63, 3.8) is 0 Å². The number of carbonyl (C=O) groups is 2. The lowest BCUT2D eigenvalue weighted by Crippen LogP contribution is -2.35. The Bertz CT molecular complexity index is 853. The Morgan fingerprint density at radius 3 is 2.26 bits per heavy atom. The molecule has 0 aliphatic carbocycles. The average molecular weight is 490 g/mol. The van der Waals surface area contributed by atoms with Crippen LogP contribution in [0.25, 0.3) is 0 Å². The van der Waals surface area contributed by atoms with Gasteiger partial charge >= 0.3 is 6.09 Å². The molecule has 0 bridgehead atoms. The van der Waals surface area contributed by atoms with Crippen molar-refractivity contribution >= 4 is 87.2 Å². The molecular weight excluding hydrogens is 479 g/mol. The summed E-state index contributed by atoms with van der Waals surface area (Å²) in [6.07, 6.45) is -2.68. The molecule has 0 aliphatic rings. The van der Waals surface area contributed by atoms with Gasteiger partial charge in [0, 0.05) is 21.3 Å². The monoisotopic (exact) mass is 487 g/mol. The van der Waals surface area contributed by atoms with Gasteiger partial charge in [0.15, 0.2) is 11.9 Å². The molecule has 1 amide bonds. The molecule has 2 aromatic carbocycles. The van der Waals surface area contributed by atoms with Gasteiger partial charge in [0.2, 0.25) is 3.79 Å². The highest BCUT2D eigenvalue weighted by molar-refractivity contribution is 6.68. The van der Waals surface area contributed by atoms with Gasteiger partial charge in [-0.3, -0.25) is 10.1 Å². The van der Waals surface area contributed by atoms with Crippen molar-refractivity contribution in [2.24, 2.45) is 0 Å². The Morgan fingerprint density at radius 1 is 1.00 bits per heavy atom. The van der Waals surface area contributed by atoms with Crippen LogP contribution in [0.2, 0.25) is 15.1 Å². The lowest BCUT2D eigenvalue weighted by molar-refractivity contribution is 0.0812. The van der Waals surface area contributed by atoms with Gasteiger partial charge < -0.3 is 4.74 Å². The minimum absolute atomic E-state index is 0.138. The van der Waals surface area contributed by atoms with Gasteiger partial charge in [-0.1, -0.05) is 75.7 Å². The highest BCUT2D eigenvalue weighted by atomic mass is 35.6. The van der Waals surface area contributed by atoms with E-state index < -0.39 is 28.2 Å². The first kappa shape index (κ1) is 22.4. The Hall–Kier alpha value is -0.880. The van der Waals surface area contributed by atoms with Gasteiger partial charge in [0.25, 0.3) is 0 Å². The number of carbonyl (C=O) groups excluding carboxylic acids is 2. The lowest BCUT2D eigenvalue weighted by Gasteiger charge is -2.24. The minimum Gasteiger partial charge on any atom is -0.441 e. The number of halogens is 6. The van der Waals surface area contributed by atoms with Gasteiger partial charge in [-0.05, 0) is 36.4 Å². The van der Waals surface area contributed by atoms with Gasteiger partial charge in [-0.25, -0.2) is 4.79 Å². The second kappa shape index (κ2) is 9.55. The Morgan fingerprint density at radius 2 is 1.67 bits per heavy atom. The van der Waals surface area contributed by atoms with Crippen LogP contribution in [-0.4, -0.2) is 21.8 Å². The molecule has 10 heteroatoms. The number of nitrogens with one attached hydrogen (secondary N) is 1. The van der Waals surface area contributed by atoms with Gasteiger partial charge in [-0.2, -0.15) is 0 Å². The first-order chi connectivity index (χ1) is 12.6. The van der Waals surface area contributed by atoms with Crippen molar-refractivity contribution in [2.45, 2.75) is 16.3 Å². The van der Waals surface area contributed by atoms with Crippen LogP contribution >= 0.6 is 69.6 Å². The molecule has 0 fully saturated rings. The highest BCUT2D eigenvalue weighted by Gasteiger charge is 2.38. The zero-order valence-electron chi connectivity index (χ0n) is 13.3. The molecule has 2 aromatic rings. The molecule has 0 saturated heterocycles. The Balaban J connectivity index is 2.11. The van der Waals surface area contributed by atoms with Crippen molar-refractivity contribution in [3.8, 4) is 0 Å². The van der Waals surface area contributed by atoms with Crippen LogP contribution < -0.4 is 5.32 Å². The van der Waals surface area contributed by atoms with Crippen molar-refractivity contribution in [3.05, 3.63) is 63.1 Å². The lowest BCUT2D eigenvalue weighted by atomic mass is 10.1. The summed E-state index contributed by atoms with van der Waals surface area (Å²) in [4.78, 5) is 24.6. The fraction of sp³-hybridized carbons (Fsp3) is 0.176. The van der Waals surface area contributed by atoms with Crippen molar-refractivity contribution < 1.29 is 14.3 Å². The number of Topliss-reactive ketones (excluding diaryl/α,β-unsaturated/α-hetero) is 1. The highest BCUT2D eigenvalue weighted by Crippen LogP contribution is 2.35. The van der Waals surface area contributed by atoms with E-state index in [-0.39, 0.29) is 10.6 Å². The predicted molar refractivity (Wildman–Crippen MR) is 111 cm³/mol. The summed E-state index contributed by atoms with van der Waals surface area (Å²) in [5.74, 6) is -0.483. The molecule has 2 rings (SSSR count). The first-order valence-corrected chi connectivity index (χ1v) is 9.61. The summed E-state index contributed by atoms with van der Waals surface area (Å²) < 4.78 is 3.09. The normalized spacial score (nSPS) is 12.4. The van der Waals surface area contributed by atoms with Gasteiger partial charge in [0.05, 0.1) is 11.4 Å². The van der Waals surface area contributed by atoms with E-state index in [4.69, 9.17) is 74.3 Å². The summed E-state index contributed by atoms with van der Waals surface area (Å²) in [6.45, 7) is 0. The van der Waals surface area contributed by atoms with Crippen LogP contribution in [0.3, 0.4) is 0 Å². The number of benzene rings is 2. The maximum absolute atomic E-state index is 12.5. The molecule has 0 saturated carbocycles. The number of hydrogen-bond acceptors (Lipinski definition) is 3. The number of alkyl halides is 3. The Kier molecular flexibility index (Phi) is 7.93. The Labute approximate surface area is 185 Å². The van der Waals surface area contributed by atoms with E-state index in [1.54, 1.807) is 18.2 Å². The third-order valence-electron chi connectivity index (χ3n) is 3.29. The quantitative estimate of drug-likeness (QED) is 0.356. The van der Waals surface area contributed by atoms with Crippen molar-refractivity contribution in [1.82, 2.24) is 0 Å². The average Bonchev–Trinajstić information content (AvgIpc) is 2.53. The fourth-order valence-corrected chi connectivity index (χ4v) is 3.13. The maximum Gasteiger partial charge on any atom is 0.412 e. The number of hydrogen-bond donors (Lipinski definition) is 1. The molecule has 0 aromatic heterocycles. The molecule has 0 aliphatic heterocycles. The van der Waals surface area contributed by atoms with Gasteiger partial charge in [0.1, 0.15) is 0 Å². The fourth-order valence-electron chi connectivity index (χ4n) is 2.06. The van der Waals surface area contributed by atoms with E-state index in [0.717, 1.165) is 0 Å². The second-order valence-corrected chi connectivity index (χ2v) is 8.97. The summed E-state index contributed by atoms with van der Waals surface area (Å²) in [7, 11) is 0. The number of amides is 1. The molecule has 27 heavy (non-hydrogen) atoms. The molecule has 0 unspecified atom stereocenters. The summed E-state index contributed by atoms with van der Waals surface area (Å²) in [5, 5.41) is 3.36. The van der Waals surface area contributed by atoms with Crippen LogP contribution in [0.5, 0.6) is 0 Å². The zero-order valence-corrected chi connectivity index (χ0v) is 17.9. The van der Waals surface area contributed by atoms with Crippen LogP contribution in [0, 0.1) is 0 Å². The topological polar surface area (TPSA) is 55.4 Å². The number of rotatable bonds is 5. The van der Waals surface area contributed by atoms with E-state index in [1.165, 1.54) is 24.3 Å². The van der Waals surface area contributed by atoms with Crippen LogP contribution in [0.4, 0.5) is 10.5 Å². The number of ether oxygens (including phenoxy) is 1. The first-order valence-electron chi connectivity index (χ1n) is 7.34. The summed E-state index contributed by atoms with van der Waals surface area (Å²) in [5.41, 5.74) is 0.543. The second-order valence-electron chi connectivity index (χ2n) is 5.32. The van der Waals surface area contributed by atoms with Crippen LogP contribution in [0.1, 0.15) is 16.8 Å².